The predicted molar refractivity (Wildman–Crippen MR) is 128 cm³/mol. The summed E-state index contributed by atoms with van der Waals surface area (Å²) in [5, 5.41) is 0. The van der Waals surface area contributed by atoms with Gasteiger partial charge in [-0.05, 0) is 31.2 Å². The summed E-state index contributed by atoms with van der Waals surface area (Å²) in [4.78, 5) is 23.4. The van der Waals surface area contributed by atoms with Crippen LogP contribution in [0.2, 0.25) is 0 Å². The zero-order valence-corrected chi connectivity index (χ0v) is 19.7. The van der Waals surface area contributed by atoms with Crippen molar-refractivity contribution in [2.45, 2.75) is 30.8 Å². The van der Waals surface area contributed by atoms with Gasteiger partial charge in [0, 0.05) is 62.4 Å². The SMILES string of the molecule is CC=Cc1cnc(N2CCC(Oc3ccn(-c4ccc(S(C)(=O)=O)cc4F)c(=O)c3)CC2)nc1. The van der Waals surface area contributed by atoms with Gasteiger partial charge in [0.25, 0.3) is 5.56 Å². The first kappa shape index (κ1) is 23.6. The molecule has 2 aromatic heterocycles. The number of pyridine rings is 1. The molecular weight excluding hydrogens is 459 g/mol. The molecule has 178 valence electrons. The van der Waals surface area contributed by atoms with Gasteiger partial charge in [-0.15, -0.1) is 0 Å². The van der Waals surface area contributed by atoms with Crippen molar-refractivity contribution in [1.82, 2.24) is 14.5 Å². The second-order valence-electron chi connectivity index (χ2n) is 8.08. The van der Waals surface area contributed by atoms with Crippen molar-refractivity contribution in [3.63, 3.8) is 0 Å². The fourth-order valence-electron chi connectivity index (χ4n) is 3.79. The van der Waals surface area contributed by atoms with Crippen LogP contribution in [0.15, 0.2) is 64.7 Å². The Morgan fingerprint density at radius 1 is 1.12 bits per heavy atom. The van der Waals surface area contributed by atoms with Gasteiger partial charge in [-0.2, -0.15) is 0 Å². The first-order chi connectivity index (χ1) is 16.2. The third-order valence-corrected chi connectivity index (χ3v) is 6.65. The molecule has 0 radical (unpaired) electrons. The molecule has 3 heterocycles. The van der Waals surface area contributed by atoms with Gasteiger partial charge in [0.2, 0.25) is 5.95 Å². The summed E-state index contributed by atoms with van der Waals surface area (Å²) in [7, 11) is -3.55. The Hall–Kier alpha value is -3.53. The van der Waals surface area contributed by atoms with Crippen LogP contribution < -0.4 is 15.2 Å². The standard InChI is InChI=1S/C24H25FN4O4S/c1-3-4-17-15-26-24(27-16-17)28-10-7-18(8-11-28)33-19-9-12-29(23(30)13-19)22-6-5-20(14-21(22)25)34(2,31)32/h3-6,9,12-16,18H,7-8,10-11H2,1-2H3. The molecule has 3 aromatic rings. The molecule has 0 atom stereocenters. The Bertz CT molecular complexity index is 1360. The Labute approximate surface area is 197 Å². The molecule has 0 spiro atoms. The summed E-state index contributed by atoms with van der Waals surface area (Å²) in [6.45, 7) is 3.39. The normalized spacial score (nSPS) is 15.1. The lowest BCUT2D eigenvalue weighted by molar-refractivity contribution is 0.170. The van der Waals surface area contributed by atoms with E-state index in [0.717, 1.165) is 48.4 Å². The van der Waals surface area contributed by atoms with Crippen LogP contribution in [0.25, 0.3) is 11.8 Å². The van der Waals surface area contributed by atoms with E-state index in [1.54, 1.807) is 18.5 Å². The minimum absolute atomic E-state index is 0.0299. The van der Waals surface area contributed by atoms with Gasteiger partial charge >= 0.3 is 0 Å². The van der Waals surface area contributed by atoms with E-state index < -0.39 is 21.2 Å². The number of benzene rings is 1. The van der Waals surface area contributed by atoms with E-state index in [4.69, 9.17) is 4.74 Å². The van der Waals surface area contributed by atoms with Gasteiger partial charge in [-0.1, -0.05) is 12.2 Å². The van der Waals surface area contributed by atoms with E-state index in [9.17, 15) is 17.6 Å². The number of allylic oxidation sites excluding steroid dienone is 1. The molecule has 4 rings (SSSR count). The molecule has 0 unspecified atom stereocenters. The summed E-state index contributed by atoms with van der Waals surface area (Å²) in [6, 6.07) is 6.36. The minimum Gasteiger partial charge on any atom is -0.490 e. The molecule has 1 saturated heterocycles. The molecule has 0 aliphatic carbocycles. The Kier molecular flexibility index (Phi) is 6.78. The number of hydrogen-bond acceptors (Lipinski definition) is 7. The molecule has 0 N–H and O–H groups in total. The Balaban J connectivity index is 1.40. The third kappa shape index (κ3) is 5.33. The van der Waals surface area contributed by atoms with Crippen LogP contribution in [0.4, 0.5) is 10.3 Å². The highest BCUT2D eigenvalue weighted by Crippen LogP contribution is 2.22. The highest BCUT2D eigenvalue weighted by Gasteiger charge is 2.22. The van der Waals surface area contributed by atoms with Gasteiger partial charge < -0.3 is 9.64 Å². The smallest absolute Gasteiger partial charge is 0.258 e. The van der Waals surface area contributed by atoms with E-state index in [0.29, 0.717) is 11.7 Å². The van der Waals surface area contributed by atoms with Crippen LogP contribution in [-0.2, 0) is 9.84 Å². The second-order valence-corrected chi connectivity index (χ2v) is 10.1. The lowest BCUT2D eigenvalue weighted by Crippen LogP contribution is -2.39. The highest BCUT2D eigenvalue weighted by molar-refractivity contribution is 7.90. The number of halogens is 1. The predicted octanol–water partition coefficient (Wildman–Crippen LogP) is 3.25. The van der Waals surface area contributed by atoms with Crippen LogP contribution in [0.5, 0.6) is 5.75 Å². The molecule has 10 heteroatoms. The van der Waals surface area contributed by atoms with Gasteiger partial charge in [0.1, 0.15) is 17.7 Å². The zero-order chi connectivity index (χ0) is 24.3. The largest absolute Gasteiger partial charge is 0.490 e. The number of nitrogens with zero attached hydrogens (tertiary/aromatic N) is 4. The number of sulfone groups is 1. The molecule has 8 nitrogen and oxygen atoms in total. The van der Waals surface area contributed by atoms with Gasteiger partial charge in [-0.3, -0.25) is 9.36 Å². The maximum Gasteiger partial charge on any atom is 0.258 e. The zero-order valence-electron chi connectivity index (χ0n) is 18.9. The number of piperidine rings is 1. The summed E-state index contributed by atoms with van der Waals surface area (Å²) < 4.78 is 44.8. The first-order valence-corrected chi connectivity index (χ1v) is 12.7. The van der Waals surface area contributed by atoms with Crippen LogP contribution in [-0.4, -0.2) is 48.4 Å². The third-order valence-electron chi connectivity index (χ3n) is 5.54. The number of hydrogen-bond donors (Lipinski definition) is 0. The minimum atomic E-state index is -3.55. The topological polar surface area (TPSA) is 94.4 Å². The summed E-state index contributed by atoms with van der Waals surface area (Å²) in [5.74, 6) is 0.282. The Morgan fingerprint density at radius 3 is 2.41 bits per heavy atom. The van der Waals surface area contributed by atoms with Crippen LogP contribution >= 0.6 is 0 Å². The molecule has 0 bridgehead atoms. The van der Waals surface area contributed by atoms with E-state index in [-0.39, 0.29) is 16.7 Å². The lowest BCUT2D eigenvalue weighted by Gasteiger charge is -2.32. The molecule has 0 amide bonds. The molecule has 1 aliphatic rings. The number of rotatable bonds is 6. The fourth-order valence-corrected chi connectivity index (χ4v) is 4.42. The second kappa shape index (κ2) is 9.76. The molecular formula is C24H25FN4O4S. The lowest BCUT2D eigenvalue weighted by atomic mass is 10.1. The van der Waals surface area contributed by atoms with E-state index in [1.807, 2.05) is 19.1 Å². The molecule has 0 saturated carbocycles. The van der Waals surface area contributed by atoms with Gasteiger partial charge in [0.05, 0.1) is 10.6 Å². The van der Waals surface area contributed by atoms with Crippen LogP contribution in [0.3, 0.4) is 0 Å². The van der Waals surface area contributed by atoms with E-state index in [2.05, 4.69) is 14.9 Å². The van der Waals surface area contributed by atoms with E-state index in [1.165, 1.54) is 24.4 Å². The summed E-state index contributed by atoms with van der Waals surface area (Å²) in [6.07, 6.45) is 11.3. The number of anilines is 1. The molecule has 1 fully saturated rings. The van der Waals surface area contributed by atoms with Crippen molar-refractivity contribution < 1.29 is 17.5 Å². The highest BCUT2D eigenvalue weighted by atomic mass is 32.2. The van der Waals surface area contributed by atoms with Crippen LogP contribution in [0.1, 0.15) is 25.3 Å². The fraction of sp³-hybridized carbons (Fsp3) is 0.292. The van der Waals surface area contributed by atoms with Crippen molar-refractivity contribution >= 4 is 21.9 Å². The summed E-state index contributed by atoms with van der Waals surface area (Å²) >= 11 is 0. The van der Waals surface area contributed by atoms with Crippen molar-refractivity contribution in [3.8, 4) is 11.4 Å². The number of ether oxygens (including phenoxy) is 1. The maximum absolute atomic E-state index is 14.5. The Morgan fingerprint density at radius 2 is 1.82 bits per heavy atom. The van der Waals surface area contributed by atoms with E-state index >= 15 is 0 Å². The van der Waals surface area contributed by atoms with Crippen molar-refractivity contribution in [2.24, 2.45) is 0 Å². The van der Waals surface area contributed by atoms with Crippen molar-refractivity contribution in [2.75, 3.05) is 24.2 Å². The average Bonchev–Trinajstić information content (AvgIpc) is 2.80. The van der Waals surface area contributed by atoms with Crippen LogP contribution in [0, 0.1) is 5.82 Å². The first-order valence-electron chi connectivity index (χ1n) is 10.8. The average molecular weight is 485 g/mol. The van der Waals surface area contributed by atoms with Crippen molar-refractivity contribution in [1.29, 1.82) is 0 Å². The quantitative estimate of drug-likeness (QED) is 0.530. The van der Waals surface area contributed by atoms with Gasteiger partial charge in [-0.25, -0.2) is 22.8 Å². The number of aromatic nitrogens is 3. The summed E-state index contributed by atoms with van der Waals surface area (Å²) in [5.41, 5.74) is 0.443. The molecule has 34 heavy (non-hydrogen) atoms. The monoisotopic (exact) mass is 484 g/mol. The maximum atomic E-state index is 14.5. The van der Waals surface area contributed by atoms with Gasteiger partial charge in [0.15, 0.2) is 9.84 Å². The molecule has 1 aliphatic heterocycles. The molecule has 1 aromatic carbocycles. The van der Waals surface area contributed by atoms with Crippen molar-refractivity contribution in [3.05, 3.63) is 76.7 Å².